The van der Waals surface area contributed by atoms with Crippen molar-refractivity contribution in [2.75, 3.05) is 5.73 Å². The van der Waals surface area contributed by atoms with Crippen LogP contribution >= 0.6 is 11.6 Å². The molecule has 0 aliphatic carbocycles. The van der Waals surface area contributed by atoms with Gasteiger partial charge in [0.1, 0.15) is 5.82 Å². The summed E-state index contributed by atoms with van der Waals surface area (Å²) >= 11 is 5.73. The maximum Gasteiger partial charge on any atom is 0.227 e. The summed E-state index contributed by atoms with van der Waals surface area (Å²) in [5.74, 6) is 0.169. The number of rotatable bonds is 2. The number of hydrogen-bond acceptors (Lipinski definition) is 4. The smallest absolute Gasteiger partial charge is 0.227 e. The molecule has 2 aromatic rings. The predicted octanol–water partition coefficient (Wildman–Crippen LogP) is 2.47. The molecule has 0 unspecified atom stereocenters. The van der Waals surface area contributed by atoms with E-state index in [0.29, 0.717) is 10.8 Å². The third kappa shape index (κ3) is 4.72. The van der Waals surface area contributed by atoms with Crippen LogP contribution in [-0.2, 0) is 10.2 Å². The van der Waals surface area contributed by atoms with Crippen LogP contribution in [0.3, 0.4) is 0 Å². The zero-order valence-electron chi connectivity index (χ0n) is 12.3. The van der Waals surface area contributed by atoms with Gasteiger partial charge in [-0.3, -0.25) is 9.78 Å². The van der Waals surface area contributed by atoms with Crippen LogP contribution in [0.15, 0.2) is 36.7 Å². The van der Waals surface area contributed by atoms with E-state index in [-0.39, 0.29) is 5.91 Å². The Bertz CT molecular complexity index is 590. The molecule has 1 aromatic carbocycles. The first kappa shape index (κ1) is 16.9. The number of benzene rings is 1. The molecule has 21 heavy (non-hydrogen) atoms. The van der Waals surface area contributed by atoms with Crippen molar-refractivity contribution in [3.05, 3.63) is 52.9 Å². The second kappa shape index (κ2) is 7.04. The number of nitrogens with zero attached hydrogens (tertiary/aromatic N) is 2. The van der Waals surface area contributed by atoms with E-state index in [1.807, 2.05) is 19.1 Å². The van der Waals surface area contributed by atoms with Crippen LogP contribution in [0.1, 0.15) is 25.1 Å². The fourth-order valence-corrected chi connectivity index (χ4v) is 1.55. The van der Waals surface area contributed by atoms with E-state index in [1.54, 1.807) is 38.4 Å². The summed E-state index contributed by atoms with van der Waals surface area (Å²) in [5.41, 5.74) is 11.6. The van der Waals surface area contributed by atoms with Gasteiger partial charge in [-0.05, 0) is 38.5 Å². The molecule has 0 radical (unpaired) electrons. The van der Waals surface area contributed by atoms with E-state index in [2.05, 4.69) is 9.97 Å². The number of carbonyl (C=O) groups is 1. The van der Waals surface area contributed by atoms with Crippen molar-refractivity contribution < 1.29 is 4.79 Å². The first-order chi connectivity index (χ1) is 9.75. The lowest BCUT2D eigenvalue weighted by Crippen LogP contribution is -2.35. The van der Waals surface area contributed by atoms with Crippen LogP contribution in [0.2, 0.25) is 5.02 Å². The van der Waals surface area contributed by atoms with Crippen molar-refractivity contribution in [2.24, 2.45) is 5.73 Å². The Balaban J connectivity index is 0.000000235. The number of aromatic nitrogens is 2. The molecule has 0 bridgehead atoms. The van der Waals surface area contributed by atoms with E-state index >= 15 is 0 Å². The second-order valence-electron chi connectivity index (χ2n) is 5.02. The van der Waals surface area contributed by atoms with Crippen LogP contribution in [0.25, 0.3) is 0 Å². The first-order valence-electron chi connectivity index (χ1n) is 6.34. The van der Waals surface area contributed by atoms with Crippen LogP contribution in [0.4, 0.5) is 5.82 Å². The zero-order chi connectivity index (χ0) is 16.0. The zero-order valence-corrected chi connectivity index (χ0v) is 13.1. The van der Waals surface area contributed by atoms with E-state index in [4.69, 9.17) is 23.1 Å². The summed E-state index contributed by atoms with van der Waals surface area (Å²) in [6.45, 7) is 5.40. The number of aryl methyl sites for hydroxylation is 1. The molecule has 1 aromatic heterocycles. The highest BCUT2D eigenvalue weighted by atomic mass is 35.5. The summed E-state index contributed by atoms with van der Waals surface area (Å²) in [6, 6.07) is 7.13. The van der Waals surface area contributed by atoms with Crippen LogP contribution < -0.4 is 11.5 Å². The van der Waals surface area contributed by atoms with Crippen LogP contribution in [-0.4, -0.2) is 15.9 Å². The number of halogens is 1. The minimum atomic E-state index is -0.634. The Morgan fingerprint density at radius 1 is 1.14 bits per heavy atom. The summed E-state index contributed by atoms with van der Waals surface area (Å²) in [4.78, 5) is 18.8. The van der Waals surface area contributed by atoms with E-state index in [0.717, 1.165) is 11.3 Å². The lowest BCUT2D eigenvalue weighted by Gasteiger charge is -2.20. The van der Waals surface area contributed by atoms with Gasteiger partial charge in [0.2, 0.25) is 5.91 Å². The molecule has 1 amide bonds. The van der Waals surface area contributed by atoms with Gasteiger partial charge in [0.15, 0.2) is 0 Å². The Morgan fingerprint density at radius 3 is 2.05 bits per heavy atom. The van der Waals surface area contributed by atoms with Gasteiger partial charge in [-0.2, -0.15) is 0 Å². The highest BCUT2D eigenvalue weighted by Gasteiger charge is 2.26. The minimum Gasteiger partial charge on any atom is -0.382 e. The molecule has 0 aliphatic heterocycles. The van der Waals surface area contributed by atoms with Crippen molar-refractivity contribution in [1.82, 2.24) is 9.97 Å². The fraction of sp³-hybridized carbons (Fsp3) is 0.267. The third-order valence-corrected chi connectivity index (χ3v) is 3.35. The molecule has 0 fully saturated rings. The lowest BCUT2D eigenvalue weighted by atomic mass is 9.84. The van der Waals surface area contributed by atoms with Crippen LogP contribution in [0, 0.1) is 6.92 Å². The van der Waals surface area contributed by atoms with Crippen molar-refractivity contribution in [3.63, 3.8) is 0 Å². The van der Waals surface area contributed by atoms with E-state index in [9.17, 15) is 4.79 Å². The fourth-order valence-electron chi connectivity index (χ4n) is 1.43. The number of amides is 1. The topological polar surface area (TPSA) is 94.9 Å². The predicted molar refractivity (Wildman–Crippen MR) is 84.9 cm³/mol. The number of primary amides is 1. The average molecular weight is 307 g/mol. The summed E-state index contributed by atoms with van der Waals surface area (Å²) < 4.78 is 0. The average Bonchev–Trinajstić information content (AvgIpc) is 2.43. The molecule has 0 saturated heterocycles. The highest BCUT2D eigenvalue weighted by Crippen LogP contribution is 2.23. The Morgan fingerprint density at radius 2 is 1.67 bits per heavy atom. The molecule has 6 heteroatoms. The summed E-state index contributed by atoms with van der Waals surface area (Å²) in [6.07, 6.45) is 3.19. The molecular weight excluding hydrogens is 288 g/mol. The normalized spacial score (nSPS) is 10.5. The molecule has 0 spiro atoms. The van der Waals surface area contributed by atoms with Gasteiger partial charge in [0.05, 0.1) is 11.1 Å². The molecule has 0 saturated carbocycles. The van der Waals surface area contributed by atoms with Gasteiger partial charge in [0, 0.05) is 17.4 Å². The monoisotopic (exact) mass is 306 g/mol. The second-order valence-corrected chi connectivity index (χ2v) is 5.46. The van der Waals surface area contributed by atoms with E-state index in [1.165, 1.54) is 0 Å². The first-order valence-corrected chi connectivity index (χ1v) is 6.72. The molecule has 0 atom stereocenters. The third-order valence-electron chi connectivity index (χ3n) is 3.10. The van der Waals surface area contributed by atoms with Gasteiger partial charge < -0.3 is 11.5 Å². The standard InChI is InChI=1S/C10H12ClNO.C5H7N3/c1-10(2,9(12)13)7-3-5-8(11)6-4-7;1-4-5(6)8-3-2-7-4/h3-6H,1-2H3,(H2,12,13);2-3H,1H3,(H2,6,8). The largest absolute Gasteiger partial charge is 0.382 e. The molecular formula is C15H19ClN4O. The Hall–Kier alpha value is -2.14. The number of anilines is 1. The van der Waals surface area contributed by atoms with Gasteiger partial charge in [-0.15, -0.1) is 0 Å². The van der Waals surface area contributed by atoms with Gasteiger partial charge in [-0.25, -0.2) is 4.98 Å². The highest BCUT2D eigenvalue weighted by molar-refractivity contribution is 6.30. The maximum absolute atomic E-state index is 11.1. The Kier molecular flexibility index (Phi) is 5.67. The number of nitrogens with two attached hydrogens (primary N) is 2. The van der Waals surface area contributed by atoms with Crippen molar-refractivity contribution >= 4 is 23.3 Å². The maximum atomic E-state index is 11.1. The lowest BCUT2D eigenvalue weighted by molar-refractivity contribution is -0.122. The van der Waals surface area contributed by atoms with Crippen LogP contribution in [0.5, 0.6) is 0 Å². The summed E-state index contributed by atoms with van der Waals surface area (Å²) in [7, 11) is 0. The van der Waals surface area contributed by atoms with Gasteiger partial charge in [0.25, 0.3) is 0 Å². The number of hydrogen-bond donors (Lipinski definition) is 2. The molecule has 4 N–H and O–H groups in total. The van der Waals surface area contributed by atoms with Crippen molar-refractivity contribution in [2.45, 2.75) is 26.2 Å². The van der Waals surface area contributed by atoms with Crippen molar-refractivity contribution in [1.29, 1.82) is 0 Å². The molecule has 0 aliphatic rings. The molecule has 1 heterocycles. The molecule has 2 rings (SSSR count). The number of nitrogen functional groups attached to an aromatic ring is 1. The Labute approximate surface area is 129 Å². The van der Waals surface area contributed by atoms with Gasteiger partial charge >= 0.3 is 0 Å². The van der Waals surface area contributed by atoms with Crippen molar-refractivity contribution in [3.8, 4) is 0 Å². The molecule has 5 nitrogen and oxygen atoms in total. The quantitative estimate of drug-likeness (QED) is 0.891. The minimum absolute atomic E-state index is 0.338. The van der Waals surface area contributed by atoms with Gasteiger partial charge in [-0.1, -0.05) is 23.7 Å². The summed E-state index contributed by atoms with van der Waals surface area (Å²) in [5, 5.41) is 0.657. The number of carbonyl (C=O) groups excluding carboxylic acids is 1. The van der Waals surface area contributed by atoms with E-state index < -0.39 is 5.41 Å². The SMILES string of the molecule is CC(C)(C(N)=O)c1ccc(Cl)cc1.Cc1nccnc1N. The molecule has 112 valence electrons.